The summed E-state index contributed by atoms with van der Waals surface area (Å²) in [7, 11) is 0. The molecule has 4 aromatic rings. The van der Waals surface area contributed by atoms with Crippen molar-refractivity contribution in [1.82, 2.24) is 15.0 Å². The predicted molar refractivity (Wildman–Crippen MR) is 86.8 cm³/mol. The highest BCUT2D eigenvalue weighted by Crippen LogP contribution is 2.32. The number of thiazole rings is 1. The van der Waals surface area contributed by atoms with Crippen molar-refractivity contribution >= 4 is 44.7 Å². The fourth-order valence-electron chi connectivity index (χ4n) is 1.90. The molecule has 0 aromatic carbocycles. The Hall–Kier alpha value is -1.70. The van der Waals surface area contributed by atoms with E-state index in [0.29, 0.717) is 0 Å². The molecule has 0 unspecified atom stereocenters. The molecule has 0 aliphatic heterocycles. The molecule has 7 heteroatoms. The van der Waals surface area contributed by atoms with Gasteiger partial charge >= 0.3 is 0 Å². The third kappa shape index (κ3) is 2.59. The molecule has 0 N–H and O–H groups in total. The van der Waals surface area contributed by atoms with Crippen LogP contribution in [0.4, 0.5) is 0 Å². The molecule has 0 radical (unpaired) electrons. The molecular weight excluding hydrogens is 322 g/mol. The van der Waals surface area contributed by atoms with Crippen molar-refractivity contribution in [2.45, 2.75) is 10.8 Å². The molecule has 4 aromatic heterocycles. The highest BCUT2D eigenvalue weighted by atomic mass is 32.2. The number of fused-ring (bicyclic) bond motifs is 1. The van der Waals surface area contributed by atoms with Crippen molar-refractivity contribution in [2.75, 3.05) is 0 Å². The lowest BCUT2D eigenvalue weighted by molar-refractivity contribution is 0.581. The van der Waals surface area contributed by atoms with E-state index in [4.69, 9.17) is 4.42 Å². The number of thioether (sulfide) groups is 1. The molecule has 4 rings (SSSR count). The number of aromatic nitrogens is 3. The second-order valence-corrected chi connectivity index (χ2v) is 6.96. The van der Waals surface area contributed by atoms with E-state index in [-0.39, 0.29) is 0 Å². The Morgan fingerprint density at radius 2 is 2.19 bits per heavy atom. The number of rotatable bonds is 4. The second-order valence-electron chi connectivity index (χ2n) is 4.22. The van der Waals surface area contributed by atoms with Gasteiger partial charge in [0.05, 0.1) is 22.2 Å². The van der Waals surface area contributed by atoms with E-state index in [9.17, 15) is 0 Å². The lowest BCUT2D eigenvalue weighted by Gasteiger charge is -1.99. The van der Waals surface area contributed by atoms with Crippen LogP contribution in [0.2, 0.25) is 0 Å². The van der Waals surface area contributed by atoms with E-state index in [1.165, 1.54) is 0 Å². The largest absolute Gasteiger partial charge is 0.462 e. The Labute approximate surface area is 132 Å². The molecule has 0 aliphatic carbocycles. The van der Waals surface area contributed by atoms with Crippen molar-refractivity contribution < 1.29 is 4.42 Å². The number of nitrogens with zero attached hydrogens (tertiary/aromatic N) is 3. The smallest absolute Gasteiger partial charge is 0.162 e. The minimum absolute atomic E-state index is 0.793. The maximum absolute atomic E-state index is 5.37. The normalized spacial score (nSPS) is 11.2. The number of hydrogen-bond acceptors (Lipinski definition) is 7. The standard InChI is InChI=1S/C14H9N3OS3/c1-2-11(18-4-1)13-17-9(6-20-13)7-21-14-12-10(3-5-19-12)15-8-16-14/h1-6,8H,7H2. The van der Waals surface area contributed by atoms with Crippen molar-refractivity contribution in [3.05, 3.63) is 47.2 Å². The highest BCUT2D eigenvalue weighted by molar-refractivity contribution is 7.98. The van der Waals surface area contributed by atoms with Crippen LogP contribution >= 0.6 is 34.4 Å². The third-order valence-corrected chi connectivity index (χ3v) is 5.82. The number of thiophene rings is 1. The van der Waals surface area contributed by atoms with E-state index < -0.39 is 0 Å². The van der Waals surface area contributed by atoms with Gasteiger partial charge in [0.15, 0.2) is 10.8 Å². The maximum atomic E-state index is 5.37. The summed E-state index contributed by atoms with van der Waals surface area (Å²) in [6.07, 6.45) is 3.28. The van der Waals surface area contributed by atoms with Gasteiger partial charge in [0.25, 0.3) is 0 Å². The lowest BCUT2D eigenvalue weighted by atomic mass is 10.5. The van der Waals surface area contributed by atoms with Gasteiger partial charge in [0.2, 0.25) is 0 Å². The van der Waals surface area contributed by atoms with Crippen LogP contribution in [0.5, 0.6) is 0 Å². The summed E-state index contributed by atoms with van der Waals surface area (Å²) >= 11 is 4.96. The molecule has 0 amide bonds. The zero-order valence-electron chi connectivity index (χ0n) is 10.7. The number of furan rings is 1. The molecule has 4 heterocycles. The van der Waals surface area contributed by atoms with Crippen LogP contribution in [0, 0.1) is 0 Å². The van der Waals surface area contributed by atoms with Crippen LogP contribution in [-0.4, -0.2) is 15.0 Å². The first-order valence-corrected chi connectivity index (χ1v) is 8.94. The average Bonchev–Trinajstić information content (AvgIpc) is 3.23. The predicted octanol–water partition coefficient (Wildman–Crippen LogP) is 4.70. The molecule has 0 bridgehead atoms. The monoisotopic (exact) mass is 331 g/mol. The third-order valence-electron chi connectivity index (χ3n) is 2.85. The summed E-state index contributed by atoms with van der Waals surface area (Å²) in [5, 5.41) is 6.04. The van der Waals surface area contributed by atoms with Crippen LogP contribution in [0.25, 0.3) is 21.0 Å². The fraction of sp³-hybridized carbons (Fsp3) is 0.0714. The van der Waals surface area contributed by atoms with Gasteiger partial charge in [-0.1, -0.05) is 11.8 Å². The first kappa shape index (κ1) is 13.0. The minimum Gasteiger partial charge on any atom is -0.462 e. The summed E-state index contributed by atoms with van der Waals surface area (Å²) in [4.78, 5) is 13.2. The maximum Gasteiger partial charge on any atom is 0.162 e. The van der Waals surface area contributed by atoms with Crippen molar-refractivity contribution in [1.29, 1.82) is 0 Å². The molecule has 0 spiro atoms. The Kier molecular flexibility index (Phi) is 3.46. The summed E-state index contributed by atoms with van der Waals surface area (Å²) < 4.78 is 6.51. The second kappa shape index (κ2) is 5.59. The Bertz CT molecular complexity index is 867. The molecule has 104 valence electrons. The van der Waals surface area contributed by atoms with Crippen molar-refractivity contribution in [3.63, 3.8) is 0 Å². The summed E-state index contributed by atoms with van der Waals surface area (Å²) in [5.41, 5.74) is 2.05. The lowest BCUT2D eigenvalue weighted by Crippen LogP contribution is -1.85. The van der Waals surface area contributed by atoms with E-state index in [2.05, 4.69) is 20.3 Å². The Morgan fingerprint density at radius 1 is 1.19 bits per heavy atom. The molecule has 0 atom stereocenters. The van der Waals surface area contributed by atoms with Crippen LogP contribution in [0.3, 0.4) is 0 Å². The SMILES string of the molecule is c1coc(-c2nc(CSc3ncnc4ccsc34)cs2)c1. The highest BCUT2D eigenvalue weighted by Gasteiger charge is 2.10. The van der Waals surface area contributed by atoms with Crippen LogP contribution in [0.1, 0.15) is 5.69 Å². The van der Waals surface area contributed by atoms with Gasteiger partial charge < -0.3 is 4.42 Å². The first-order chi connectivity index (χ1) is 10.4. The molecule has 4 nitrogen and oxygen atoms in total. The van der Waals surface area contributed by atoms with Crippen LogP contribution in [-0.2, 0) is 5.75 Å². The summed E-state index contributed by atoms with van der Waals surface area (Å²) in [6.45, 7) is 0. The molecule has 21 heavy (non-hydrogen) atoms. The van der Waals surface area contributed by atoms with Gasteiger partial charge in [-0.05, 0) is 23.6 Å². The van der Waals surface area contributed by atoms with Gasteiger partial charge in [-0.2, -0.15) is 0 Å². The zero-order valence-corrected chi connectivity index (χ0v) is 13.2. The van der Waals surface area contributed by atoms with Gasteiger partial charge in [-0.15, -0.1) is 22.7 Å². The van der Waals surface area contributed by atoms with Gasteiger partial charge in [0.1, 0.15) is 11.4 Å². The van der Waals surface area contributed by atoms with Crippen molar-refractivity contribution in [2.24, 2.45) is 0 Å². The Morgan fingerprint density at radius 3 is 3.10 bits per heavy atom. The zero-order chi connectivity index (χ0) is 14.1. The molecular formula is C14H9N3OS3. The van der Waals surface area contributed by atoms with Gasteiger partial charge in [0, 0.05) is 11.1 Å². The molecule has 0 saturated heterocycles. The summed E-state index contributed by atoms with van der Waals surface area (Å²) in [5.74, 6) is 1.61. The molecule has 0 fully saturated rings. The Balaban J connectivity index is 1.53. The van der Waals surface area contributed by atoms with Crippen LogP contribution in [0.15, 0.2) is 51.0 Å². The van der Waals surface area contributed by atoms with Gasteiger partial charge in [-0.3, -0.25) is 0 Å². The minimum atomic E-state index is 0.793. The topological polar surface area (TPSA) is 51.8 Å². The fourth-order valence-corrected chi connectivity index (χ4v) is 4.63. The molecule has 0 saturated carbocycles. The van der Waals surface area contributed by atoms with E-state index in [1.54, 1.807) is 47.0 Å². The van der Waals surface area contributed by atoms with E-state index in [0.717, 1.165) is 37.5 Å². The number of hydrogen-bond donors (Lipinski definition) is 0. The van der Waals surface area contributed by atoms with E-state index in [1.807, 2.05) is 23.6 Å². The van der Waals surface area contributed by atoms with E-state index >= 15 is 0 Å². The summed E-state index contributed by atoms with van der Waals surface area (Å²) in [6, 6.07) is 5.82. The van der Waals surface area contributed by atoms with Gasteiger partial charge in [-0.25, -0.2) is 15.0 Å². The average molecular weight is 331 g/mol. The first-order valence-electron chi connectivity index (χ1n) is 6.19. The van der Waals surface area contributed by atoms with Crippen molar-refractivity contribution in [3.8, 4) is 10.8 Å². The van der Waals surface area contributed by atoms with Crippen LogP contribution < -0.4 is 0 Å². The quantitative estimate of drug-likeness (QED) is 0.401. The molecule has 0 aliphatic rings.